The van der Waals surface area contributed by atoms with E-state index in [1.165, 1.54) is 18.2 Å². The smallest absolute Gasteiger partial charge is 0.327 e. The van der Waals surface area contributed by atoms with E-state index >= 15 is 0 Å². The number of aliphatic carboxylic acids is 1. The lowest BCUT2D eigenvalue weighted by Gasteiger charge is -2.32. The number of aromatic nitrogens is 1. The standard InChI is InChI=1S/C17H17FN2O2/c18-14-3-2-13-5-8-19-17(15(13)11-14)20-9-6-12(7-10-20)1-4-16(21)22/h1-5,8,11-12H,6-7,9-10H2,(H,21,22). The highest BCUT2D eigenvalue weighted by Gasteiger charge is 2.20. The maximum absolute atomic E-state index is 13.5. The van der Waals surface area contributed by atoms with Crippen molar-refractivity contribution in [3.05, 3.63) is 48.4 Å². The van der Waals surface area contributed by atoms with E-state index in [-0.39, 0.29) is 11.7 Å². The van der Waals surface area contributed by atoms with Crippen molar-refractivity contribution in [3.8, 4) is 0 Å². The van der Waals surface area contributed by atoms with Crippen molar-refractivity contribution in [3.63, 3.8) is 0 Å². The predicted molar refractivity (Wildman–Crippen MR) is 83.4 cm³/mol. The number of anilines is 1. The number of hydrogen-bond acceptors (Lipinski definition) is 3. The molecule has 0 atom stereocenters. The Kier molecular flexibility index (Phi) is 4.04. The quantitative estimate of drug-likeness (QED) is 0.884. The summed E-state index contributed by atoms with van der Waals surface area (Å²) in [5.41, 5.74) is 0. The fourth-order valence-electron chi connectivity index (χ4n) is 2.90. The van der Waals surface area contributed by atoms with Gasteiger partial charge >= 0.3 is 5.97 Å². The molecule has 1 aromatic carbocycles. The highest BCUT2D eigenvalue weighted by molar-refractivity contribution is 5.92. The third-order valence-electron chi connectivity index (χ3n) is 4.06. The molecule has 1 aliphatic heterocycles. The Hall–Kier alpha value is -2.43. The summed E-state index contributed by atoms with van der Waals surface area (Å²) >= 11 is 0. The summed E-state index contributed by atoms with van der Waals surface area (Å²) < 4.78 is 13.5. The number of benzene rings is 1. The number of carboxylic acid groups (broad SMARTS) is 1. The fourth-order valence-corrected chi connectivity index (χ4v) is 2.90. The molecule has 22 heavy (non-hydrogen) atoms. The molecule has 5 heteroatoms. The van der Waals surface area contributed by atoms with Crippen molar-refractivity contribution in [2.24, 2.45) is 5.92 Å². The minimum atomic E-state index is -0.909. The molecule has 0 aliphatic carbocycles. The topological polar surface area (TPSA) is 53.4 Å². The SMILES string of the molecule is O=C(O)C=CC1CCN(c2nccc3ccc(F)cc23)CC1. The summed E-state index contributed by atoms with van der Waals surface area (Å²) in [6.07, 6.45) is 6.46. The maximum Gasteiger partial charge on any atom is 0.327 e. The molecule has 0 spiro atoms. The molecular formula is C17H17FN2O2. The van der Waals surface area contributed by atoms with Crippen LogP contribution < -0.4 is 4.90 Å². The van der Waals surface area contributed by atoms with Gasteiger partial charge in [-0.1, -0.05) is 12.1 Å². The van der Waals surface area contributed by atoms with Crippen LogP contribution >= 0.6 is 0 Å². The molecule has 0 bridgehead atoms. The van der Waals surface area contributed by atoms with Crippen LogP contribution in [-0.2, 0) is 4.79 Å². The van der Waals surface area contributed by atoms with Crippen molar-refractivity contribution in [1.82, 2.24) is 4.98 Å². The van der Waals surface area contributed by atoms with E-state index in [4.69, 9.17) is 5.11 Å². The van der Waals surface area contributed by atoms with Crippen LogP contribution in [0.4, 0.5) is 10.2 Å². The lowest BCUT2D eigenvalue weighted by atomic mass is 9.96. The lowest BCUT2D eigenvalue weighted by Crippen LogP contribution is -2.33. The van der Waals surface area contributed by atoms with E-state index in [1.54, 1.807) is 18.3 Å². The number of rotatable bonds is 3. The zero-order chi connectivity index (χ0) is 15.5. The minimum absolute atomic E-state index is 0.263. The Morgan fingerprint density at radius 1 is 1.32 bits per heavy atom. The average molecular weight is 300 g/mol. The number of carboxylic acids is 1. The Balaban J connectivity index is 1.79. The first-order valence-corrected chi connectivity index (χ1v) is 7.34. The molecule has 0 amide bonds. The number of pyridine rings is 1. The molecule has 114 valence electrons. The maximum atomic E-state index is 13.5. The molecule has 1 aliphatic rings. The van der Waals surface area contributed by atoms with Crippen molar-refractivity contribution < 1.29 is 14.3 Å². The summed E-state index contributed by atoms with van der Waals surface area (Å²) in [5, 5.41) is 10.5. The molecule has 0 unspecified atom stereocenters. The fraction of sp³-hybridized carbons (Fsp3) is 0.294. The van der Waals surface area contributed by atoms with Crippen LogP contribution in [0.2, 0.25) is 0 Å². The van der Waals surface area contributed by atoms with Gasteiger partial charge in [0.25, 0.3) is 0 Å². The van der Waals surface area contributed by atoms with Crippen LogP contribution in [0.25, 0.3) is 10.8 Å². The monoisotopic (exact) mass is 300 g/mol. The van der Waals surface area contributed by atoms with Gasteiger partial charge in [-0.05, 0) is 42.3 Å². The second kappa shape index (κ2) is 6.13. The van der Waals surface area contributed by atoms with Gasteiger partial charge in [-0.3, -0.25) is 0 Å². The summed E-state index contributed by atoms with van der Waals surface area (Å²) in [6, 6.07) is 6.61. The Morgan fingerprint density at radius 3 is 2.82 bits per heavy atom. The molecule has 3 rings (SSSR count). The highest BCUT2D eigenvalue weighted by Crippen LogP contribution is 2.29. The first-order valence-electron chi connectivity index (χ1n) is 7.34. The zero-order valence-corrected chi connectivity index (χ0v) is 12.1. The largest absolute Gasteiger partial charge is 0.478 e. The molecule has 1 saturated heterocycles. The summed E-state index contributed by atoms with van der Waals surface area (Å²) in [7, 11) is 0. The van der Waals surface area contributed by atoms with E-state index in [0.29, 0.717) is 0 Å². The summed E-state index contributed by atoms with van der Waals surface area (Å²) in [6.45, 7) is 1.58. The van der Waals surface area contributed by atoms with Crippen LogP contribution in [0, 0.1) is 11.7 Å². The average Bonchev–Trinajstić information content (AvgIpc) is 2.53. The Morgan fingerprint density at radius 2 is 2.09 bits per heavy atom. The third kappa shape index (κ3) is 3.08. The summed E-state index contributed by atoms with van der Waals surface area (Å²) in [5.74, 6) is -0.0913. The number of carbonyl (C=O) groups is 1. The molecule has 1 aromatic heterocycles. The van der Waals surface area contributed by atoms with Crippen LogP contribution in [0.1, 0.15) is 12.8 Å². The summed E-state index contributed by atoms with van der Waals surface area (Å²) in [4.78, 5) is 17.1. The van der Waals surface area contributed by atoms with Crippen molar-refractivity contribution in [2.45, 2.75) is 12.8 Å². The molecular weight excluding hydrogens is 283 g/mol. The van der Waals surface area contributed by atoms with Gasteiger partial charge in [0, 0.05) is 30.7 Å². The van der Waals surface area contributed by atoms with Gasteiger partial charge in [0.15, 0.2) is 0 Å². The van der Waals surface area contributed by atoms with Crippen molar-refractivity contribution in [1.29, 1.82) is 0 Å². The normalized spacial score (nSPS) is 16.5. The second-order valence-corrected chi connectivity index (χ2v) is 5.52. The third-order valence-corrected chi connectivity index (χ3v) is 4.06. The van der Waals surface area contributed by atoms with Crippen LogP contribution in [0.3, 0.4) is 0 Å². The van der Waals surface area contributed by atoms with E-state index in [0.717, 1.165) is 42.5 Å². The minimum Gasteiger partial charge on any atom is -0.478 e. The molecule has 0 saturated carbocycles. The molecule has 1 fully saturated rings. The molecule has 2 aromatic rings. The molecule has 1 N–H and O–H groups in total. The first kappa shape index (κ1) is 14.5. The van der Waals surface area contributed by atoms with Crippen LogP contribution in [-0.4, -0.2) is 29.1 Å². The number of allylic oxidation sites excluding steroid dienone is 1. The van der Waals surface area contributed by atoms with E-state index in [9.17, 15) is 9.18 Å². The van der Waals surface area contributed by atoms with Crippen molar-refractivity contribution >= 4 is 22.6 Å². The van der Waals surface area contributed by atoms with Crippen molar-refractivity contribution in [2.75, 3.05) is 18.0 Å². The van der Waals surface area contributed by atoms with Gasteiger partial charge in [-0.15, -0.1) is 0 Å². The van der Waals surface area contributed by atoms with Gasteiger partial charge in [0.1, 0.15) is 11.6 Å². The zero-order valence-electron chi connectivity index (χ0n) is 12.1. The van der Waals surface area contributed by atoms with Gasteiger partial charge in [0.2, 0.25) is 0 Å². The van der Waals surface area contributed by atoms with Crippen LogP contribution in [0.5, 0.6) is 0 Å². The second-order valence-electron chi connectivity index (χ2n) is 5.52. The van der Waals surface area contributed by atoms with E-state index < -0.39 is 5.97 Å². The molecule has 4 nitrogen and oxygen atoms in total. The van der Waals surface area contributed by atoms with Crippen LogP contribution in [0.15, 0.2) is 42.6 Å². The van der Waals surface area contributed by atoms with Gasteiger partial charge < -0.3 is 10.0 Å². The molecule has 0 radical (unpaired) electrons. The number of piperidine rings is 1. The number of halogens is 1. The van der Waals surface area contributed by atoms with Gasteiger partial charge in [-0.25, -0.2) is 14.2 Å². The first-order chi connectivity index (χ1) is 10.6. The Labute approximate surface area is 127 Å². The van der Waals surface area contributed by atoms with E-state index in [2.05, 4.69) is 9.88 Å². The van der Waals surface area contributed by atoms with Gasteiger partial charge in [0.05, 0.1) is 0 Å². The van der Waals surface area contributed by atoms with Gasteiger partial charge in [-0.2, -0.15) is 0 Å². The molecule has 2 heterocycles. The van der Waals surface area contributed by atoms with E-state index in [1.807, 2.05) is 6.07 Å². The number of fused-ring (bicyclic) bond motifs is 1. The predicted octanol–water partition coefficient (Wildman–Crippen LogP) is 3.23. The highest BCUT2D eigenvalue weighted by atomic mass is 19.1. The lowest BCUT2D eigenvalue weighted by molar-refractivity contribution is -0.131. The number of nitrogens with zero attached hydrogens (tertiary/aromatic N) is 2. The number of hydrogen-bond donors (Lipinski definition) is 1. The Bertz CT molecular complexity index is 722.